The van der Waals surface area contributed by atoms with Crippen molar-refractivity contribution < 1.29 is 14.3 Å². The van der Waals surface area contributed by atoms with E-state index in [1.165, 1.54) is 23.8 Å². The van der Waals surface area contributed by atoms with Crippen LogP contribution in [-0.2, 0) is 16.1 Å². The summed E-state index contributed by atoms with van der Waals surface area (Å²) in [6, 6.07) is 13.8. The van der Waals surface area contributed by atoms with Crippen LogP contribution in [0.2, 0.25) is 0 Å². The minimum atomic E-state index is -0.484. The molecule has 0 saturated carbocycles. The Bertz CT molecular complexity index is 1100. The number of nitrogens with zero attached hydrogens (tertiary/aromatic N) is 1. The summed E-state index contributed by atoms with van der Waals surface area (Å²) in [4.78, 5) is 36.7. The van der Waals surface area contributed by atoms with Gasteiger partial charge in [-0.1, -0.05) is 24.3 Å². The van der Waals surface area contributed by atoms with Crippen molar-refractivity contribution in [3.8, 4) is 0 Å². The van der Waals surface area contributed by atoms with Crippen molar-refractivity contribution in [2.75, 3.05) is 12.4 Å². The molecule has 1 heterocycles. The molecule has 6 nitrogen and oxygen atoms in total. The Balaban J connectivity index is 1.92. The number of hydrogen-bond donors (Lipinski definition) is 1. The molecule has 0 saturated heterocycles. The van der Waals surface area contributed by atoms with Crippen LogP contribution in [-0.4, -0.2) is 23.6 Å². The van der Waals surface area contributed by atoms with Crippen LogP contribution in [0.4, 0.5) is 5.69 Å². The van der Waals surface area contributed by atoms with Crippen LogP contribution in [0.25, 0.3) is 10.9 Å². The Hall–Kier alpha value is -3.41. The third-order valence-corrected chi connectivity index (χ3v) is 4.41. The standard InChI is InChI=1S/C21H20N2O4/c1-13-6-4-9-17-14(2)10-19(25)23(20(13)17)12-18(24)22-16-8-5-7-15(11-16)21(26)27-3/h4-11H,12H2,1-3H3,(H,22,24). The molecule has 2 aromatic carbocycles. The number of para-hydroxylation sites is 1. The Kier molecular flexibility index (Phi) is 5.07. The number of esters is 1. The van der Waals surface area contributed by atoms with E-state index in [0.29, 0.717) is 11.3 Å². The van der Waals surface area contributed by atoms with E-state index in [-0.39, 0.29) is 18.0 Å². The molecule has 138 valence electrons. The average molecular weight is 364 g/mol. The number of rotatable bonds is 4. The van der Waals surface area contributed by atoms with Crippen LogP contribution < -0.4 is 10.9 Å². The summed E-state index contributed by atoms with van der Waals surface area (Å²) in [7, 11) is 1.30. The minimum Gasteiger partial charge on any atom is -0.465 e. The SMILES string of the molecule is COC(=O)c1cccc(NC(=O)Cn2c(=O)cc(C)c3cccc(C)c32)c1. The molecule has 1 N–H and O–H groups in total. The summed E-state index contributed by atoms with van der Waals surface area (Å²) < 4.78 is 6.15. The maximum Gasteiger partial charge on any atom is 0.337 e. The second-order valence-corrected chi connectivity index (χ2v) is 6.34. The van der Waals surface area contributed by atoms with Crippen molar-refractivity contribution in [3.05, 3.63) is 75.6 Å². The van der Waals surface area contributed by atoms with E-state index in [9.17, 15) is 14.4 Å². The number of anilines is 1. The van der Waals surface area contributed by atoms with Crippen molar-refractivity contribution in [2.24, 2.45) is 0 Å². The number of carbonyl (C=O) groups excluding carboxylic acids is 2. The van der Waals surface area contributed by atoms with Gasteiger partial charge in [0, 0.05) is 17.1 Å². The fourth-order valence-electron chi connectivity index (χ4n) is 3.13. The highest BCUT2D eigenvalue weighted by Crippen LogP contribution is 2.20. The molecule has 0 atom stereocenters. The predicted molar refractivity (Wildman–Crippen MR) is 104 cm³/mol. The van der Waals surface area contributed by atoms with E-state index >= 15 is 0 Å². The van der Waals surface area contributed by atoms with Gasteiger partial charge in [0.1, 0.15) is 6.54 Å². The van der Waals surface area contributed by atoms with Crippen molar-refractivity contribution in [2.45, 2.75) is 20.4 Å². The van der Waals surface area contributed by atoms with E-state index < -0.39 is 5.97 Å². The molecule has 0 radical (unpaired) electrons. The van der Waals surface area contributed by atoms with Gasteiger partial charge in [-0.3, -0.25) is 14.2 Å². The van der Waals surface area contributed by atoms with E-state index in [0.717, 1.165) is 22.0 Å². The first-order chi connectivity index (χ1) is 12.9. The molecule has 27 heavy (non-hydrogen) atoms. The van der Waals surface area contributed by atoms with Crippen molar-refractivity contribution in [3.63, 3.8) is 0 Å². The third kappa shape index (κ3) is 3.74. The van der Waals surface area contributed by atoms with Gasteiger partial charge in [-0.25, -0.2) is 4.79 Å². The number of aryl methyl sites for hydroxylation is 2. The highest BCUT2D eigenvalue weighted by Gasteiger charge is 2.13. The maximum atomic E-state index is 12.5. The van der Waals surface area contributed by atoms with E-state index in [1.807, 2.05) is 32.0 Å². The van der Waals surface area contributed by atoms with Gasteiger partial charge in [0.15, 0.2) is 0 Å². The van der Waals surface area contributed by atoms with Gasteiger partial charge in [-0.2, -0.15) is 0 Å². The van der Waals surface area contributed by atoms with Crippen molar-refractivity contribution in [1.29, 1.82) is 0 Å². The van der Waals surface area contributed by atoms with Gasteiger partial charge >= 0.3 is 5.97 Å². The zero-order chi connectivity index (χ0) is 19.6. The summed E-state index contributed by atoms with van der Waals surface area (Å²) in [5.74, 6) is -0.838. The lowest BCUT2D eigenvalue weighted by atomic mass is 10.1. The summed E-state index contributed by atoms with van der Waals surface area (Å²) in [6.07, 6.45) is 0. The first-order valence-electron chi connectivity index (χ1n) is 8.48. The summed E-state index contributed by atoms with van der Waals surface area (Å²) in [5.41, 5.74) is 3.12. The van der Waals surface area contributed by atoms with Gasteiger partial charge in [0.25, 0.3) is 5.56 Å². The Morgan fingerprint density at radius 2 is 1.78 bits per heavy atom. The topological polar surface area (TPSA) is 77.4 Å². The van der Waals surface area contributed by atoms with Gasteiger partial charge in [0.05, 0.1) is 18.2 Å². The summed E-state index contributed by atoms with van der Waals surface area (Å²) in [5, 5.41) is 3.67. The normalized spacial score (nSPS) is 10.6. The second-order valence-electron chi connectivity index (χ2n) is 6.34. The highest BCUT2D eigenvalue weighted by atomic mass is 16.5. The highest BCUT2D eigenvalue weighted by molar-refractivity contribution is 5.95. The largest absolute Gasteiger partial charge is 0.465 e. The molecule has 0 aliphatic carbocycles. The number of fused-ring (bicyclic) bond motifs is 1. The molecule has 1 aromatic heterocycles. The molecule has 0 bridgehead atoms. The number of aromatic nitrogens is 1. The lowest BCUT2D eigenvalue weighted by molar-refractivity contribution is -0.116. The monoisotopic (exact) mass is 364 g/mol. The molecule has 0 aliphatic rings. The number of methoxy groups -OCH3 is 1. The number of amides is 1. The molecular formula is C21H20N2O4. The number of carbonyl (C=O) groups is 2. The zero-order valence-corrected chi connectivity index (χ0v) is 15.4. The molecular weight excluding hydrogens is 344 g/mol. The third-order valence-electron chi connectivity index (χ3n) is 4.41. The molecule has 0 unspecified atom stereocenters. The van der Waals surface area contributed by atoms with Gasteiger partial charge in [-0.05, 0) is 43.2 Å². The molecule has 0 fully saturated rings. The van der Waals surface area contributed by atoms with Crippen LogP contribution in [0, 0.1) is 13.8 Å². The lowest BCUT2D eigenvalue weighted by Crippen LogP contribution is -2.28. The molecule has 3 rings (SSSR count). The zero-order valence-electron chi connectivity index (χ0n) is 15.4. The van der Waals surface area contributed by atoms with E-state index in [2.05, 4.69) is 10.1 Å². The first kappa shape index (κ1) is 18.4. The smallest absolute Gasteiger partial charge is 0.337 e. The summed E-state index contributed by atoms with van der Waals surface area (Å²) >= 11 is 0. The fraction of sp³-hybridized carbons (Fsp3) is 0.190. The molecule has 6 heteroatoms. The molecule has 0 aliphatic heterocycles. The van der Waals surface area contributed by atoms with Crippen LogP contribution in [0.5, 0.6) is 0 Å². The number of nitrogens with one attached hydrogen (secondary N) is 1. The maximum absolute atomic E-state index is 12.5. The predicted octanol–water partition coefficient (Wildman–Crippen LogP) is 3.04. The van der Waals surface area contributed by atoms with Gasteiger partial charge in [-0.15, -0.1) is 0 Å². The summed E-state index contributed by atoms with van der Waals surface area (Å²) in [6.45, 7) is 3.67. The lowest BCUT2D eigenvalue weighted by Gasteiger charge is -2.14. The van der Waals surface area contributed by atoms with Gasteiger partial charge in [0.2, 0.25) is 5.91 Å². The number of pyridine rings is 1. The second kappa shape index (κ2) is 7.45. The fourth-order valence-corrected chi connectivity index (χ4v) is 3.13. The van der Waals surface area contributed by atoms with Crippen LogP contribution in [0.3, 0.4) is 0 Å². The molecule has 1 amide bonds. The number of ether oxygens (including phenoxy) is 1. The van der Waals surface area contributed by atoms with Gasteiger partial charge < -0.3 is 10.1 Å². The Labute approximate surface area is 156 Å². The minimum absolute atomic E-state index is 0.122. The number of benzene rings is 2. The molecule has 0 spiro atoms. The molecule has 3 aromatic rings. The van der Waals surface area contributed by atoms with Crippen LogP contribution >= 0.6 is 0 Å². The van der Waals surface area contributed by atoms with E-state index in [4.69, 9.17) is 0 Å². The van der Waals surface area contributed by atoms with Crippen molar-refractivity contribution in [1.82, 2.24) is 4.57 Å². The van der Waals surface area contributed by atoms with E-state index in [1.54, 1.807) is 18.2 Å². The number of hydrogen-bond acceptors (Lipinski definition) is 4. The van der Waals surface area contributed by atoms with Crippen LogP contribution in [0.15, 0.2) is 53.3 Å². The Morgan fingerprint density at radius 3 is 2.52 bits per heavy atom. The van der Waals surface area contributed by atoms with Crippen molar-refractivity contribution >= 4 is 28.5 Å². The van der Waals surface area contributed by atoms with Crippen LogP contribution in [0.1, 0.15) is 21.5 Å². The average Bonchev–Trinajstić information content (AvgIpc) is 2.64. The Morgan fingerprint density at radius 1 is 1.04 bits per heavy atom. The quantitative estimate of drug-likeness (QED) is 0.722. The first-order valence-corrected chi connectivity index (χ1v) is 8.48.